The monoisotopic (exact) mass is 243 g/mol. The first kappa shape index (κ1) is 11.7. The Morgan fingerprint density at radius 1 is 1.50 bits per heavy atom. The second kappa shape index (κ2) is 5.01. The molecule has 1 aliphatic heterocycles. The Morgan fingerprint density at radius 2 is 2.19 bits per heavy atom. The van der Waals surface area contributed by atoms with E-state index in [9.17, 15) is 4.21 Å². The van der Waals surface area contributed by atoms with E-state index in [0.717, 1.165) is 30.2 Å². The Labute approximate surface area is 97.3 Å². The van der Waals surface area contributed by atoms with Gasteiger partial charge in [0.1, 0.15) is 0 Å². The van der Waals surface area contributed by atoms with Crippen molar-refractivity contribution >= 4 is 10.8 Å². The molecule has 0 bridgehead atoms. The Balaban J connectivity index is 2.14. The molecule has 0 amide bonds. The number of rotatable bonds is 3. The highest BCUT2D eigenvalue weighted by molar-refractivity contribution is 7.85. The van der Waals surface area contributed by atoms with Gasteiger partial charge < -0.3 is 5.32 Å². The molecule has 1 unspecified atom stereocenters. The van der Waals surface area contributed by atoms with Crippen molar-refractivity contribution in [1.29, 1.82) is 0 Å². The molecular formula is C9H17N5OS. The number of nitrogens with one attached hydrogen (secondary N) is 1. The molecule has 1 aromatic heterocycles. The highest BCUT2D eigenvalue weighted by atomic mass is 32.2. The van der Waals surface area contributed by atoms with Gasteiger partial charge in [-0.2, -0.15) is 0 Å². The minimum atomic E-state index is -0.639. The Kier molecular flexibility index (Phi) is 3.65. The second-order valence-corrected chi connectivity index (χ2v) is 5.77. The molecule has 16 heavy (non-hydrogen) atoms. The standard InChI is InChI=1S/C9H17N5OS/c1-7(10-2)9-11-12-13-14(9)8-3-5-16(15)6-4-8/h7-8,10H,3-6H2,1-2H3. The summed E-state index contributed by atoms with van der Waals surface area (Å²) in [6, 6.07) is 0.445. The number of hydrogen-bond donors (Lipinski definition) is 1. The first-order valence-corrected chi connectivity index (χ1v) is 7.01. The normalized spacial score (nSPS) is 27.9. The van der Waals surface area contributed by atoms with E-state index in [-0.39, 0.29) is 6.04 Å². The molecule has 90 valence electrons. The van der Waals surface area contributed by atoms with Crippen molar-refractivity contribution in [1.82, 2.24) is 25.5 Å². The van der Waals surface area contributed by atoms with Gasteiger partial charge in [0, 0.05) is 22.3 Å². The zero-order valence-electron chi connectivity index (χ0n) is 9.59. The van der Waals surface area contributed by atoms with Crippen LogP contribution in [-0.4, -0.2) is 43.0 Å². The molecule has 6 nitrogen and oxygen atoms in total. The highest BCUT2D eigenvalue weighted by Crippen LogP contribution is 2.23. The van der Waals surface area contributed by atoms with E-state index in [2.05, 4.69) is 20.8 Å². The fourth-order valence-corrected chi connectivity index (χ4v) is 3.17. The van der Waals surface area contributed by atoms with Crippen LogP contribution in [-0.2, 0) is 10.8 Å². The Hall–Kier alpha value is -0.820. The van der Waals surface area contributed by atoms with Crippen LogP contribution in [0.3, 0.4) is 0 Å². The van der Waals surface area contributed by atoms with Gasteiger partial charge in [0.2, 0.25) is 0 Å². The van der Waals surface area contributed by atoms with Gasteiger partial charge in [0.25, 0.3) is 0 Å². The topological polar surface area (TPSA) is 72.7 Å². The van der Waals surface area contributed by atoms with Gasteiger partial charge in [-0.1, -0.05) is 0 Å². The third-order valence-corrected chi connectivity index (χ3v) is 4.42. The van der Waals surface area contributed by atoms with E-state index in [1.165, 1.54) is 0 Å². The van der Waals surface area contributed by atoms with Crippen molar-refractivity contribution in [3.05, 3.63) is 5.82 Å². The van der Waals surface area contributed by atoms with Gasteiger partial charge >= 0.3 is 0 Å². The van der Waals surface area contributed by atoms with Crippen LogP contribution in [0, 0.1) is 0 Å². The number of aromatic nitrogens is 4. The van der Waals surface area contributed by atoms with E-state index in [1.54, 1.807) is 0 Å². The predicted octanol–water partition coefficient (Wildman–Crippen LogP) is 0.0371. The van der Waals surface area contributed by atoms with Crippen LogP contribution in [0.5, 0.6) is 0 Å². The molecule has 0 radical (unpaired) electrons. The summed E-state index contributed by atoms with van der Waals surface area (Å²) < 4.78 is 13.2. The zero-order valence-corrected chi connectivity index (χ0v) is 10.4. The van der Waals surface area contributed by atoms with Crippen LogP contribution in [0.15, 0.2) is 0 Å². The molecule has 0 spiro atoms. The first-order valence-electron chi connectivity index (χ1n) is 5.52. The largest absolute Gasteiger partial charge is 0.311 e. The summed E-state index contributed by atoms with van der Waals surface area (Å²) >= 11 is 0. The number of tetrazole rings is 1. The van der Waals surface area contributed by atoms with E-state index in [1.807, 2.05) is 18.7 Å². The van der Waals surface area contributed by atoms with E-state index < -0.39 is 10.8 Å². The molecule has 1 saturated heterocycles. The molecule has 7 heteroatoms. The van der Waals surface area contributed by atoms with Gasteiger partial charge in [-0.3, -0.25) is 4.21 Å². The summed E-state index contributed by atoms with van der Waals surface area (Å²) in [7, 11) is 1.25. The lowest BCUT2D eigenvalue weighted by atomic mass is 10.1. The van der Waals surface area contributed by atoms with Crippen LogP contribution in [0.1, 0.15) is 37.7 Å². The maximum Gasteiger partial charge on any atom is 0.168 e. The molecule has 1 fully saturated rings. The summed E-state index contributed by atoms with van der Waals surface area (Å²) in [4.78, 5) is 0. The third-order valence-electron chi connectivity index (χ3n) is 3.04. The fourth-order valence-electron chi connectivity index (χ4n) is 1.90. The van der Waals surface area contributed by atoms with Crippen molar-refractivity contribution in [2.45, 2.75) is 31.8 Å². The van der Waals surface area contributed by atoms with Crippen molar-refractivity contribution in [2.75, 3.05) is 18.6 Å². The molecule has 1 atom stereocenters. The maximum atomic E-state index is 11.3. The average Bonchev–Trinajstić information content (AvgIpc) is 2.78. The molecule has 2 rings (SSSR count). The fraction of sp³-hybridized carbons (Fsp3) is 0.889. The summed E-state index contributed by atoms with van der Waals surface area (Å²) in [5.41, 5.74) is 0. The maximum absolute atomic E-state index is 11.3. The number of nitrogens with zero attached hydrogens (tertiary/aromatic N) is 4. The smallest absolute Gasteiger partial charge is 0.168 e. The minimum Gasteiger partial charge on any atom is -0.311 e. The average molecular weight is 243 g/mol. The van der Waals surface area contributed by atoms with Gasteiger partial charge in [0.05, 0.1) is 12.1 Å². The van der Waals surface area contributed by atoms with Gasteiger partial charge in [-0.15, -0.1) is 5.10 Å². The molecule has 1 aromatic rings. The van der Waals surface area contributed by atoms with Gasteiger partial charge in [-0.05, 0) is 37.2 Å². The van der Waals surface area contributed by atoms with Crippen molar-refractivity contribution in [2.24, 2.45) is 0 Å². The van der Waals surface area contributed by atoms with Crippen LogP contribution in [0.4, 0.5) is 0 Å². The van der Waals surface area contributed by atoms with Crippen LogP contribution >= 0.6 is 0 Å². The molecule has 0 aliphatic carbocycles. The van der Waals surface area contributed by atoms with E-state index >= 15 is 0 Å². The zero-order chi connectivity index (χ0) is 11.5. The van der Waals surface area contributed by atoms with Crippen LogP contribution in [0.2, 0.25) is 0 Å². The predicted molar refractivity (Wildman–Crippen MR) is 61.4 cm³/mol. The van der Waals surface area contributed by atoms with Crippen molar-refractivity contribution in [3.8, 4) is 0 Å². The minimum absolute atomic E-state index is 0.141. The molecule has 0 saturated carbocycles. The second-order valence-electron chi connectivity index (χ2n) is 4.07. The Bertz CT molecular complexity index is 370. The Morgan fingerprint density at radius 3 is 2.81 bits per heavy atom. The lowest BCUT2D eigenvalue weighted by molar-refractivity contribution is 0.385. The summed E-state index contributed by atoms with van der Waals surface area (Å²) in [6.45, 7) is 2.03. The first-order chi connectivity index (χ1) is 7.72. The molecule has 0 aromatic carbocycles. The number of hydrogen-bond acceptors (Lipinski definition) is 5. The molecule has 2 heterocycles. The molecule has 1 N–H and O–H groups in total. The van der Waals surface area contributed by atoms with E-state index in [0.29, 0.717) is 6.04 Å². The quantitative estimate of drug-likeness (QED) is 0.811. The SMILES string of the molecule is CNC(C)c1nnnn1C1CCS(=O)CC1. The summed E-state index contributed by atoms with van der Waals surface area (Å²) in [5, 5.41) is 15.0. The molecular weight excluding hydrogens is 226 g/mol. The third kappa shape index (κ3) is 2.30. The highest BCUT2D eigenvalue weighted by Gasteiger charge is 2.24. The van der Waals surface area contributed by atoms with Gasteiger partial charge in [-0.25, -0.2) is 4.68 Å². The van der Waals surface area contributed by atoms with Crippen LogP contribution < -0.4 is 5.32 Å². The lowest BCUT2D eigenvalue weighted by Crippen LogP contribution is -2.26. The van der Waals surface area contributed by atoms with E-state index in [4.69, 9.17) is 0 Å². The van der Waals surface area contributed by atoms with Crippen molar-refractivity contribution in [3.63, 3.8) is 0 Å². The summed E-state index contributed by atoms with van der Waals surface area (Å²) in [5.74, 6) is 2.38. The van der Waals surface area contributed by atoms with Gasteiger partial charge in [0.15, 0.2) is 5.82 Å². The molecule has 1 aliphatic rings. The van der Waals surface area contributed by atoms with Crippen molar-refractivity contribution < 1.29 is 4.21 Å². The summed E-state index contributed by atoms with van der Waals surface area (Å²) in [6.07, 6.45) is 1.81. The lowest BCUT2D eigenvalue weighted by Gasteiger charge is -2.23. The van der Waals surface area contributed by atoms with Crippen LogP contribution in [0.25, 0.3) is 0 Å².